The maximum absolute atomic E-state index is 12.7. The van der Waals surface area contributed by atoms with Crippen LogP contribution >= 0.6 is 0 Å². The van der Waals surface area contributed by atoms with Crippen LogP contribution in [0.3, 0.4) is 0 Å². The topological polar surface area (TPSA) is 38.8 Å². The molecule has 0 fully saturated rings. The lowest BCUT2D eigenvalue weighted by Crippen LogP contribution is -2.33. The normalized spacial score (nSPS) is 16.1. The van der Waals surface area contributed by atoms with Gasteiger partial charge >= 0.3 is 0 Å². The first-order valence-corrected chi connectivity index (χ1v) is 7.57. The second kappa shape index (κ2) is 5.37. The zero-order valence-corrected chi connectivity index (χ0v) is 12.2. The molecule has 4 rings (SSSR count). The fourth-order valence-corrected chi connectivity index (χ4v) is 3.08. The second-order valence-electron chi connectivity index (χ2n) is 5.63. The number of rotatable bonds is 1. The van der Waals surface area contributed by atoms with E-state index in [2.05, 4.69) is 24.3 Å². The summed E-state index contributed by atoms with van der Waals surface area (Å²) in [5, 5.41) is 0. The molecule has 4 heteroatoms. The minimum atomic E-state index is 0.0612. The number of benzene rings is 2. The van der Waals surface area contributed by atoms with Crippen LogP contribution in [0.25, 0.3) is 0 Å². The summed E-state index contributed by atoms with van der Waals surface area (Å²) in [4.78, 5) is 14.7. The number of fused-ring (bicyclic) bond motifs is 2. The molecule has 2 aliphatic heterocycles. The molecule has 2 aromatic carbocycles. The van der Waals surface area contributed by atoms with Gasteiger partial charge in [0.25, 0.3) is 5.91 Å². The molecule has 0 N–H and O–H groups in total. The van der Waals surface area contributed by atoms with Crippen LogP contribution in [-0.2, 0) is 12.8 Å². The molecule has 2 aliphatic rings. The molecule has 2 heterocycles. The molecule has 0 radical (unpaired) electrons. The number of carbonyl (C=O) groups is 1. The molecule has 0 aliphatic carbocycles. The highest BCUT2D eigenvalue weighted by Gasteiger charge is 2.22. The van der Waals surface area contributed by atoms with E-state index in [4.69, 9.17) is 9.47 Å². The van der Waals surface area contributed by atoms with Crippen molar-refractivity contribution in [2.75, 3.05) is 19.9 Å². The highest BCUT2D eigenvalue weighted by Crippen LogP contribution is 2.33. The van der Waals surface area contributed by atoms with Gasteiger partial charge in [-0.1, -0.05) is 24.3 Å². The maximum atomic E-state index is 12.7. The van der Waals surface area contributed by atoms with Gasteiger partial charge in [-0.05, 0) is 42.2 Å². The Bertz CT molecular complexity index is 699. The summed E-state index contributed by atoms with van der Waals surface area (Å²) in [6.07, 6.45) is 1.82. The molecule has 0 bridgehead atoms. The van der Waals surface area contributed by atoms with Crippen LogP contribution in [-0.4, -0.2) is 30.7 Å². The summed E-state index contributed by atoms with van der Waals surface area (Å²) >= 11 is 0. The van der Waals surface area contributed by atoms with Gasteiger partial charge in [0.2, 0.25) is 6.79 Å². The summed E-state index contributed by atoms with van der Waals surface area (Å²) < 4.78 is 10.7. The quantitative estimate of drug-likeness (QED) is 0.812. The molecule has 0 spiro atoms. The lowest BCUT2D eigenvalue weighted by Gasteiger charge is -2.20. The summed E-state index contributed by atoms with van der Waals surface area (Å²) in [7, 11) is 0. The monoisotopic (exact) mass is 295 g/mol. The van der Waals surface area contributed by atoms with E-state index in [1.54, 1.807) is 6.07 Å². The third kappa shape index (κ3) is 2.30. The number of hydrogen-bond acceptors (Lipinski definition) is 3. The van der Waals surface area contributed by atoms with Crippen LogP contribution in [0.4, 0.5) is 0 Å². The van der Waals surface area contributed by atoms with Crippen LogP contribution in [0.2, 0.25) is 0 Å². The maximum Gasteiger partial charge on any atom is 0.254 e. The third-order valence-electron chi connectivity index (χ3n) is 4.33. The zero-order valence-electron chi connectivity index (χ0n) is 12.2. The summed E-state index contributed by atoms with van der Waals surface area (Å²) in [6, 6.07) is 13.8. The third-order valence-corrected chi connectivity index (χ3v) is 4.33. The Morgan fingerprint density at radius 3 is 2.32 bits per heavy atom. The van der Waals surface area contributed by atoms with Crippen LogP contribution in [0, 0.1) is 0 Å². The summed E-state index contributed by atoms with van der Waals surface area (Å²) in [6.45, 7) is 1.74. The van der Waals surface area contributed by atoms with Crippen molar-refractivity contribution in [3.63, 3.8) is 0 Å². The molecule has 2 aromatic rings. The number of carbonyl (C=O) groups excluding carboxylic acids is 1. The lowest BCUT2D eigenvalue weighted by molar-refractivity contribution is 0.0762. The average Bonchev–Trinajstić information content (AvgIpc) is 2.92. The van der Waals surface area contributed by atoms with Crippen molar-refractivity contribution in [2.24, 2.45) is 0 Å². The van der Waals surface area contributed by atoms with E-state index in [0.29, 0.717) is 17.1 Å². The van der Waals surface area contributed by atoms with E-state index in [0.717, 1.165) is 25.9 Å². The molecular weight excluding hydrogens is 278 g/mol. The van der Waals surface area contributed by atoms with Gasteiger partial charge in [0.15, 0.2) is 11.5 Å². The standard InChI is InChI=1S/C18H17NO3/c20-18(15-5-6-16-17(11-15)22-12-21-16)19-9-7-13-3-1-2-4-14(13)8-10-19/h1-6,11H,7-10,12H2. The van der Waals surface area contributed by atoms with E-state index in [9.17, 15) is 4.79 Å². The minimum absolute atomic E-state index is 0.0612. The molecule has 0 aromatic heterocycles. The first-order chi connectivity index (χ1) is 10.8. The first-order valence-electron chi connectivity index (χ1n) is 7.57. The van der Waals surface area contributed by atoms with E-state index >= 15 is 0 Å². The van der Waals surface area contributed by atoms with Gasteiger partial charge in [0, 0.05) is 18.7 Å². The number of hydrogen-bond donors (Lipinski definition) is 0. The fraction of sp³-hybridized carbons (Fsp3) is 0.278. The average molecular weight is 295 g/mol. The van der Waals surface area contributed by atoms with Gasteiger partial charge in [-0.15, -0.1) is 0 Å². The Hall–Kier alpha value is -2.49. The van der Waals surface area contributed by atoms with Crippen molar-refractivity contribution in [3.8, 4) is 11.5 Å². The molecule has 112 valence electrons. The number of nitrogens with zero attached hydrogens (tertiary/aromatic N) is 1. The largest absolute Gasteiger partial charge is 0.454 e. The molecule has 4 nitrogen and oxygen atoms in total. The highest BCUT2D eigenvalue weighted by molar-refractivity contribution is 5.95. The Morgan fingerprint density at radius 2 is 1.59 bits per heavy atom. The first kappa shape index (κ1) is 13.2. The van der Waals surface area contributed by atoms with E-state index < -0.39 is 0 Å². The van der Waals surface area contributed by atoms with Crippen LogP contribution in [0.5, 0.6) is 11.5 Å². The van der Waals surface area contributed by atoms with Gasteiger partial charge in [-0.2, -0.15) is 0 Å². The molecule has 0 atom stereocenters. The second-order valence-corrected chi connectivity index (χ2v) is 5.63. The fourth-order valence-electron chi connectivity index (χ4n) is 3.08. The Labute approximate surface area is 129 Å². The smallest absolute Gasteiger partial charge is 0.254 e. The minimum Gasteiger partial charge on any atom is -0.454 e. The van der Waals surface area contributed by atoms with Crippen molar-refractivity contribution >= 4 is 5.91 Å². The van der Waals surface area contributed by atoms with Crippen molar-refractivity contribution in [1.82, 2.24) is 4.90 Å². The van der Waals surface area contributed by atoms with Gasteiger partial charge in [-0.25, -0.2) is 0 Å². The highest BCUT2D eigenvalue weighted by atomic mass is 16.7. The van der Waals surface area contributed by atoms with Crippen molar-refractivity contribution < 1.29 is 14.3 Å². The molecule has 0 saturated heterocycles. The predicted octanol–water partition coefficient (Wildman–Crippen LogP) is 2.66. The van der Waals surface area contributed by atoms with E-state index in [-0.39, 0.29) is 12.7 Å². The molecule has 1 amide bonds. The summed E-state index contributed by atoms with van der Waals surface area (Å²) in [5.74, 6) is 1.43. The van der Waals surface area contributed by atoms with Crippen LogP contribution in [0.15, 0.2) is 42.5 Å². The van der Waals surface area contributed by atoms with E-state index in [1.165, 1.54) is 11.1 Å². The van der Waals surface area contributed by atoms with E-state index in [1.807, 2.05) is 17.0 Å². The molecule has 0 unspecified atom stereocenters. The molecular formula is C18H17NO3. The summed E-state index contributed by atoms with van der Waals surface area (Å²) in [5.41, 5.74) is 3.36. The molecule has 22 heavy (non-hydrogen) atoms. The SMILES string of the molecule is O=C(c1ccc2c(c1)OCO2)N1CCc2ccccc2CC1. The van der Waals surface area contributed by atoms with Crippen molar-refractivity contribution in [3.05, 3.63) is 59.2 Å². The zero-order chi connectivity index (χ0) is 14.9. The van der Waals surface area contributed by atoms with Gasteiger partial charge < -0.3 is 14.4 Å². The van der Waals surface area contributed by atoms with Gasteiger partial charge in [-0.3, -0.25) is 4.79 Å². The van der Waals surface area contributed by atoms with Crippen molar-refractivity contribution in [2.45, 2.75) is 12.8 Å². The number of ether oxygens (including phenoxy) is 2. The Kier molecular flexibility index (Phi) is 3.22. The molecule has 0 saturated carbocycles. The van der Waals surface area contributed by atoms with Crippen LogP contribution < -0.4 is 9.47 Å². The van der Waals surface area contributed by atoms with Gasteiger partial charge in [0.1, 0.15) is 0 Å². The van der Waals surface area contributed by atoms with Gasteiger partial charge in [0.05, 0.1) is 0 Å². The van der Waals surface area contributed by atoms with Crippen LogP contribution in [0.1, 0.15) is 21.5 Å². The predicted molar refractivity (Wildman–Crippen MR) is 82.3 cm³/mol. The Balaban J connectivity index is 1.54. The lowest BCUT2D eigenvalue weighted by atomic mass is 10.0. The Morgan fingerprint density at radius 1 is 0.909 bits per heavy atom. The van der Waals surface area contributed by atoms with Crippen molar-refractivity contribution in [1.29, 1.82) is 0 Å². The number of amides is 1.